The number of nitrogens with zero attached hydrogens (tertiary/aromatic N) is 3. The quantitative estimate of drug-likeness (QED) is 0.721. The molecule has 1 N–H and O–H groups in total. The summed E-state index contributed by atoms with van der Waals surface area (Å²) in [6, 6.07) is 0. The van der Waals surface area contributed by atoms with E-state index in [2.05, 4.69) is 14.9 Å². The molecule has 0 bridgehead atoms. The third-order valence-corrected chi connectivity index (χ3v) is 2.26. The van der Waals surface area contributed by atoms with Crippen molar-refractivity contribution in [3.63, 3.8) is 0 Å². The van der Waals surface area contributed by atoms with Crippen LogP contribution in [0.3, 0.4) is 0 Å². The van der Waals surface area contributed by atoms with Crippen molar-refractivity contribution in [2.75, 3.05) is 18.0 Å². The van der Waals surface area contributed by atoms with Gasteiger partial charge in [0.2, 0.25) is 5.95 Å². The van der Waals surface area contributed by atoms with Crippen LogP contribution in [0.15, 0.2) is 12.4 Å². The number of hydrogen-bond acceptors (Lipinski definition) is 4. The molecule has 1 saturated heterocycles. The molecule has 1 aromatic rings. The van der Waals surface area contributed by atoms with Gasteiger partial charge in [-0.2, -0.15) is 0 Å². The van der Waals surface area contributed by atoms with Crippen LogP contribution in [-0.4, -0.2) is 28.2 Å². The van der Waals surface area contributed by atoms with Crippen LogP contribution < -0.4 is 4.90 Å². The molecule has 4 nitrogen and oxygen atoms in total. The minimum Gasteiger partial charge on any atom is -0.392 e. The highest BCUT2D eigenvalue weighted by Gasteiger charge is 2.13. The molecule has 0 atom stereocenters. The zero-order valence-corrected chi connectivity index (χ0v) is 7.48. The number of rotatable bonds is 2. The highest BCUT2D eigenvalue weighted by atomic mass is 16.3. The van der Waals surface area contributed by atoms with Crippen LogP contribution in [0.2, 0.25) is 0 Å². The minimum atomic E-state index is 0.0142. The molecule has 0 spiro atoms. The van der Waals surface area contributed by atoms with Gasteiger partial charge in [0.15, 0.2) is 0 Å². The van der Waals surface area contributed by atoms with Gasteiger partial charge in [-0.15, -0.1) is 0 Å². The van der Waals surface area contributed by atoms with Crippen LogP contribution in [0.25, 0.3) is 0 Å². The molecule has 2 rings (SSSR count). The Bertz CT molecular complexity index is 267. The molecule has 0 aliphatic carbocycles. The van der Waals surface area contributed by atoms with E-state index in [1.165, 1.54) is 12.8 Å². The average molecular weight is 179 g/mol. The van der Waals surface area contributed by atoms with E-state index in [4.69, 9.17) is 5.11 Å². The zero-order chi connectivity index (χ0) is 9.10. The van der Waals surface area contributed by atoms with E-state index in [0.29, 0.717) is 0 Å². The van der Waals surface area contributed by atoms with Gasteiger partial charge in [0, 0.05) is 31.0 Å². The highest BCUT2D eigenvalue weighted by molar-refractivity contribution is 5.30. The summed E-state index contributed by atoms with van der Waals surface area (Å²) in [5.74, 6) is 0.787. The first kappa shape index (κ1) is 8.44. The monoisotopic (exact) mass is 179 g/mol. The van der Waals surface area contributed by atoms with Crippen molar-refractivity contribution >= 4 is 5.95 Å². The van der Waals surface area contributed by atoms with Crippen molar-refractivity contribution in [2.24, 2.45) is 0 Å². The highest BCUT2D eigenvalue weighted by Crippen LogP contribution is 2.14. The van der Waals surface area contributed by atoms with E-state index < -0.39 is 0 Å². The van der Waals surface area contributed by atoms with E-state index in [9.17, 15) is 0 Å². The normalized spacial score (nSPS) is 16.5. The van der Waals surface area contributed by atoms with Gasteiger partial charge in [-0.25, -0.2) is 9.97 Å². The molecule has 0 amide bonds. The van der Waals surface area contributed by atoms with Gasteiger partial charge in [-0.3, -0.25) is 0 Å². The molecule has 0 radical (unpaired) electrons. The molecular formula is C9H13N3O. The van der Waals surface area contributed by atoms with E-state index >= 15 is 0 Å². The first-order chi connectivity index (χ1) is 6.40. The van der Waals surface area contributed by atoms with Crippen molar-refractivity contribution in [3.8, 4) is 0 Å². The second-order valence-electron chi connectivity index (χ2n) is 3.24. The molecule has 0 saturated carbocycles. The Morgan fingerprint density at radius 1 is 1.23 bits per heavy atom. The second-order valence-corrected chi connectivity index (χ2v) is 3.24. The topological polar surface area (TPSA) is 49.3 Å². The fourth-order valence-electron chi connectivity index (χ4n) is 1.51. The Kier molecular flexibility index (Phi) is 2.40. The molecular weight excluding hydrogens is 166 g/mol. The third-order valence-electron chi connectivity index (χ3n) is 2.26. The lowest BCUT2D eigenvalue weighted by Gasteiger charge is -2.14. The van der Waals surface area contributed by atoms with Crippen LogP contribution in [0, 0.1) is 0 Å². The van der Waals surface area contributed by atoms with Gasteiger partial charge in [-0.05, 0) is 12.8 Å². The van der Waals surface area contributed by atoms with Crippen LogP contribution in [-0.2, 0) is 6.61 Å². The molecule has 1 aliphatic heterocycles. The molecule has 1 fully saturated rings. The summed E-state index contributed by atoms with van der Waals surface area (Å²) in [6.07, 6.45) is 5.82. The van der Waals surface area contributed by atoms with E-state index in [0.717, 1.165) is 24.6 Å². The van der Waals surface area contributed by atoms with Crippen molar-refractivity contribution in [3.05, 3.63) is 18.0 Å². The smallest absolute Gasteiger partial charge is 0.225 e. The Morgan fingerprint density at radius 2 is 1.85 bits per heavy atom. The SMILES string of the molecule is OCc1cnc(N2CCCC2)nc1. The van der Waals surface area contributed by atoms with E-state index in [1.54, 1.807) is 12.4 Å². The predicted octanol–water partition coefficient (Wildman–Crippen LogP) is 0.569. The maximum atomic E-state index is 8.80. The fourth-order valence-corrected chi connectivity index (χ4v) is 1.51. The van der Waals surface area contributed by atoms with Gasteiger partial charge in [0.1, 0.15) is 0 Å². The Morgan fingerprint density at radius 3 is 2.38 bits per heavy atom. The summed E-state index contributed by atoms with van der Waals surface area (Å²) in [5.41, 5.74) is 0.767. The van der Waals surface area contributed by atoms with Gasteiger partial charge >= 0.3 is 0 Å². The first-order valence-corrected chi connectivity index (χ1v) is 4.57. The summed E-state index contributed by atoms with van der Waals surface area (Å²) in [5, 5.41) is 8.80. The molecule has 1 aliphatic rings. The lowest BCUT2D eigenvalue weighted by atomic mass is 10.4. The van der Waals surface area contributed by atoms with Crippen molar-refractivity contribution in [1.29, 1.82) is 0 Å². The predicted molar refractivity (Wildman–Crippen MR) is 49.4 cm³/mol. The Labute approximate surface area is 77.2 Å². The van der Waals surface area contributed by atoms with Crippen LogP contribution in [0.1, 0.15) is 18.4 Å². The van der Waals surface area contributed by atoms with Crippen molar-refractivity contribution < 1.29 is 5.11 Å². The van der Waals surface area contributed by atoms with Crippen LogP contribution >= 0.6 is 0 Å². The Balaban J connectivity index is 2.12. The van der Waals surface area contributed by atoms with Crippen LogP contribution in [0.5, 0.6) is 0 Å². The number of aliphatic hydroxyl groups is 1. The number of aromatic nitrogens is 2. The number of aliphatic hydroxyl groups excluding tert-OH is 1. The largest absolute Gasteiger partial charge is 0.392 e. The molecule has 0 unspecified atom stereocenters. The van der Waals surface area contributed by atoms with Gasteiger partial charge in [0.05, 0.1) is 6.61 Å². The molecule has 1 aromatic heterocycles. The third kappa shape index (κ3) is 1.78. The van der Waals surface area contributed by atoms with Crippen molar-refractivity contribution in [1.82, 2.24) is 9.97 Å². The summed E-state index contributed by atoms with van der Waals surface area (Å²) < 4.78 is 0. The minimum absolute atomic E-state index is 0.0142. The lowest BCUT2D eigenvalue weighted by Crippen LogP contribution is -2.20. The number of anilines is 1. The van der Waals surface area contributed by atoms with E-state index in [-0.39, 0.29) is 6.61 Å². The second kappa shape index (κ2) is 3.70. The summed E-state index contributed by atoms with van der Waals surface area (Å²) >= 11 is 0. The molecule has 13 heavy (non-hydrogen) atoms. The lowest BCUT2D eigenvalue weighted by molar-refractivity contribution is 0.281. The maximum absolute atomic E-state index is 8.80. The summed E-state index contributed by atoms with van der Waals surface area (Å²) in [7, 11) is 0. The Hall–Kier alpha value is -1.16. The van der Waals surface area contributed by atoms with Gasteiger partial charge < -0.3 is 10.0 Å². The fraction of sp³-hybridized carbons (Fsp3) is 0.556. The molecule has 70 valence electrons. The summed E-state index contributed by atoms with van der Waals surface area (Å²) in [4.78, 5) is 10.5. The first-order valence-electron chi connectivity index (χ1n) is 4.57. The van der Waals surface area contributed by atoms with E-state index in [1.807, 2.05) is 0 Å². The molecule has 2 heterocycles. The average Bonchev–Trinajstić information content (AvgIpc) is 2.71. The van der Waals surface area contributed by atoms with Gasteiger partial charge in [-0.1, -0.05) is 0 Å². The van der Waals surface area contributed by atoms with Crippen molar-refractivity contribution in [2.45, 2.75) is 19.4 Å². The van der Waals surface area contributed by atoms with Crippen LogP contribution in [0.4, 0.5) is 5.95 Å². The molecule has 4 heteroatoms. The summed E-state index contributed by atoms with van der Waals surface area (Å²) in [6.45, 7) is 2.12. The standard InChI is InChI=1S/C9H13N3O/c13-7-8-5-10-9(11-6-8)12-3-1-2-4-12/h5-6,13H,1-4,7H2. The van der Waals surface area contributed by atoms with Gasteiger partial charge in [0.25, 0.3) is 0 Å². The zero-order valence-electron chi connectivity index (χ0n) is 7.48. The molecule has 0 aromatic carbocycles. The maximum Gasteiger partial charge on any atom is 0.225 e. The number of hydrogen-bond donors (Lipinski definition) is 1.